The highest BCUT2D eigenvalue weighted by Crippen LogP contribution is 2.18. The minimum absolute atomic E-state index is 0.127. The molecule has 1 aromatic heterocycles. The normalized spacial score (nSPS) is 10.6. The Morgan fingerprint density at radius 2 is 1.74 bits per heavy atom. The van der Waals surface area contributed by atoms with Crippen molar-refractivity contribution >= 4 is 23.4 Å². The van der Waals surface area contributed by atoms with Gasteiger partial charge in [-0.2, -0.15) is 0 Å². The summed E-state index contributed by atoms with van der Waals surface area (Å²) in [5, 5.41) is 11.2. The maximum absolute atomic E-state index is 12.3. The fourth-order valence-electron chi connectivity index (χ4n) is 2.56. The van der Waals surface area contributed by atoms with Crippen molar-refractivity contribution in [2.45, 2.75) is 25.9 Å². The third kappa shape index (κ3) is 4.83. The first-order valence-electron chi connectivity index (χ1n) is 8.46. The molecule has 2 N–H and O–H groups in total. The first-order chi connectivity index (χ1) is 12.9. The molecule has 0 radical (unpaired) electrons. The summed E-state index contributed by atoms with van der Waals surface area (Å²) in [5.41, 5.74) is 4.67. The van der Waals surface area contributed by atoms with Gasteiger partial charge in [0.1, 0.15) is 0 Å². The number of hydrogen-bond donors (Lipinski definition) is 2. The van der Waals surface area contributed by atoms with Gasteiger partial charge < -0.3 is 5.32 Å². The van der Waals surface area contributed by atoms with Gasteiger partial charge in [0.15, 0.2) is 10.9 Å². The first-order valence-corrected chi connectivity index (χ1v) is 9.45. The summed E-state index contributed by atoms with van der Waals surface area (Å²) < 4.78 is 0. The number of amides is 1. The predicted molar refractivity (Wildman–Crippen MR) is 108 cm³/mol. The van der Waals surface area contributed by atoms with Crippen LogP contribution in [0.15, 0.2) is 52.4 Å². The zero-order valence-corrected chi connectivity index (χ0v) is 16.2. The lowest BCUT2D eigenvalue weighted by Gasteiger charge is -2.08. The summed E-state index contributed by atoms with van der Waals surface area (Å²) in [7, 11) is 0. The number of benzene rings is 2. The van der Waals surface area contributed by atoms with Crippen LogP contribution in [0.2, 0.25) is 0 Å². The van der Waals surface area contributed by atoms with Crippen LogP contribution < -0.4 is 10.9 Å². The number of aromatic nitrogens is 3. The number of carbonyl (C=O) groups is 1. The highest BCUT2D eigenvalue weighted by molar-refractivity contribution is 7.99. The standard InChI is InChI=1S/C20H20N4O2S/c1-12-4-7-15(8-5-12)18-19(26)22-20(24-23-18)27-11-17(25)21-16-9-6-13(2)10-14(16)3/h4-10H,11H2,1-3H3,(H,21,25)(H,22,24,26). The molecule has 0 aliphatic carbocycles. The van der Waals surface area contributed by atoms with Gasteiger partial charge >= 0.3 is 0 Å². The molecule has 0 aliphatic heterocycles. The molecule has 0 atom stereocenters. The van der Waals surface area contributed by atoms with Gasteiger partial charge in [-0.15, -0.1) is 10.2 Å². The number of aryl methyl sites for hydroxylation is 3. The molecule has 0 aliphatic rings. The third-order valence-electron chi connectivity index (χ3n) is 4.00. The second-order valence-corrected chi connectivity index (χ2v) is 7.29. The van der Waals surface area contributed by atoms with E-state index in [4.69, 9.17) is 0 Å². The Hall–Kier alpha value is -2.93. The molecule has 3 rings (SSSR count). The van der Waals surface area contributed by atoms with Gasteiger partial charge in [-0.05, 0) is 32.4 Å². The summed E-state index contributed by atoms with van der Waals surface area (Å²) >= 11 is 1.14. The lowest BCUT2D eigenvalue weighted by Crippen LogP contribution is -2.17. The molecule has 0 saturated heterocycles. The highest BCUT2D eigenvalue weighted by Gasteiger charge is 2.10. The number of anilines is 1. The lowest BCUT2D eigenvalue weighted by molar-refractivity contribution is -0.113. The van der Waals surface area contributed by atoms with Gasteiger partial charge in [-0.3, -0.25) is 14.6 Å². The molecule has 138 valence electrons. The first kappa shape index (κ1) is 18.8. The fourth-order valence-corrected chi connectivity index (χ4v) is 3.16. The van der Waals surface area contributed by atoms with Gasteiger partial charge in [0.2, 0.25) is 5.91 Å². The van der Waals surface area contributed by atoms with Crippen molar-refractivity contribution in [1.29, 1.82) is 0 Å². The molecule has 27 heavy (non-hydrogen) atoms. The van der Waals surface area contributed by atoms with Crippen LogP contribution in [0.3, 0.4) is 0 Å². The van der Waals surface area contributed by atoms with E-state index in [0.717, 1.165) is 34.1 Å². The maximum Gasteiger partial charge on any atom is 0.278 e. The largest absolute Gasteiger partial charge is 0.325 e. The van der Waals surface area contributed by atoms with E-state index in [1.54, 1.807) is 0 Å². The van der Waals surface area contributed by atoms with E-state index < -0.39 is 0 Å². The van der Waals surface area contributed by atoms with E-state index in [0.29, 0.717) is 10.7 Å². The molecule has 0 fully saturated rings. The average Bonchev–Trinajstić information content (AvgIpc) is 2.63. The number of carbonyl (C=O) groups excluding carboxylic acids is 1. The highest BCUT2D eigenvalue weighted by atomic mass is 32.2. The number of nitrogens with one attached hydrogen (secondary N) is 2. The Labute approximate surface area is 161 Å². The molecule has 2 aromatic carbocycles. The van der Waals surface area contributed by atoms with E-state index in [2.05, 4.69) is 20.5 Å². The molecule has 7 heteroatoms. The van der Waals surface area contributed by atoms with Crippen molar-refractivity contribution in [3.63, 3.8) is 0 Å². The van der Waals surface area contributed by atoms with Crippen molar-refractivity contribution in [1.82, 2.24) is 15.2 Å². The van der Waals surface area contributed by atoms with Crippen molar-refractivity contribution in [2.75, 3.05) is 11.1 Å². The van der Waals surface area contributed by atoms with Crippen LogP contribution in [0.1, 0.15) is 16.7 Å². The molecule has 1 amide bonds. The fraction of sp³-hybridized carbons (Fsp3) is 0.200. The van der Waals surface area contributed by atoms with E-state index >= 15 is 0 Å². The molecule has 3 aromatic rings. The lowest BCUT2D eigenvalue weighted by atomic mass is 10.1. The number of nitrogens with zero attached hydrogens (tertiary/aromatic N) is 2. The van der Waals surface area contributed by atoms with Crippen LogP contribution in [0, 0.1) is 20.8 Å². The minimum Gasteiger partial charge on any atom is -0.325 e. The van der Waals surface area contributed by atoms with Crippen molar-refractivity contribution < 1.29 is 4.79 Å². The van der Waals surface area contributed by atoms with E-state index in [9.17, 15) is 9.59 Å². The van der Waals surface area contributed by atoms with Crippen LogP contribution in [-0.2, 0) is 4.79 Å². The number of thioether (sulfide) groups is 1. The summed E-state index contributed by atoms with van der Waals surface area (Å²) in [6, 6.07) is 13.3. The second kappa shape index (κ2) is 8.18. The minimum atomic E-state index is -0.328. The Balaban J connectivity index is 1.64. The zero-order valence-electron chi connectivity index (χ0n) is 15.4. The SMILES string of the molecule is Cc1ccc(-c2nnc(SCC(=O)Nc3ccc(C)cc3C)[nH]c2=O)cc1. The van der Waals surface area contributed by atoms with E-state index in [1.807, 2.05) is 63.2 Å². The Kier molecular flexibility index (Phi) is 5.71. The molecular weight excluding hydrogens is 360 g/mol. The van der Waals surface area contributed by atoms with Crippen LogP contribution in [0.4, 0.5) is 5.69 Å². The number of rotatable bonds is 5. The zero-order chi connectivity index (χ0) is 19.4. The predicted octanol–water partition coefficient (Wildman–Crippen LogP) is 3.49. The Morgan fingerprint density at radius 1 is 1.04 bits per heavy atom. The van der Waals surface area contributed by atoms with Crippen LogP contribution in [0.5, 0.6) is 0 Å². The monoisotopic (exact) mass is 380 g/mol. The van der Waals surface area contributed by atoms with Gasteiger partial charge in [0.05, 0.1) is 5.75 Å². The Morgan fingerprint density at radius 3 is 2.41 bits per heavy atom. The molecule has 0 saturated carbocycles. The van der Waals surface area contributed by atoms with Crippen LogP contribution in [0.25, 0.3) is 11.3 Å². The smallest absolute Gasteiger partial charge is 0.278 e. The molecule has 0 bridgehead atoms. The topological polar surface area (TPSA) is 87.7 Å². The van der Waals surface area contributed by atoms with Crippen molar-refractivity contribution in [2.24, 2.45) is 0 Å². The van der Waals surface area contributed by atoms with Gasteiger partial charge in [0.25, 0.3) is 5.56 Å². The molecule has 6 nitrogen and oxygen atoms in total. The average molecular weight is 380 g/mol. The van der Waals surface area contributed by atoms with Gasteiger partial charge in [0, 0.05) is 11.3 Å². The number of aromatic amines is 1. The quantitative estimate of drug-likeness (QED) is 0.662. The summed E-state index contributed by atoms with van der Waals surface area (Å²) in [5.74, 6) is -0.0424. The number of hydrogen-bond acceptors (Lipinski definition) is 5. The third-order valence-corrected chi connectivity index (χ3v) is 4.86. The molecule has 1 heterocycles. The molecular formula is C20H20N4O2S. The van der Waals surface area contributed by atoms with Crippen molar-refractivity contribution in [3.05, 3.63) is 69.5 Å². The van der Waals surface area contributed by atoms with Gasteiger partial charge in [-0.1, -0.05) is 59.3 Å². The second-order valence-electron chi connectivity index (χ2n) is 6.33. The van der Waals surface area contributed by atoms with E-state index in [-0.39, 0.29) is 22.9 Å². The van der Waals surface area contributed by atoms with Crippen LogP contribution in [-0.4, -0.2) is 26.8 Å². The summed E-state index contributed by atoms with van der Waals surface area (Å²) in [6.45, 7) is 5.93. The van der Waals surface area contributed by atoms with Crippen molar-refractivity contribution in [3.8, 4) is 11.3 Å². The maximum atomic E-state index is 12.3. The van der Waals surface area contributed by atoms with E-state index in [1.165, 1.54) is 0 Å². The van der Waals surface area contributed by atoms with Crippen LogP contribution >= 0.6 is 11.8 Å². The molecule has 0 unspecified atom stereocenters. The number of H-pyrrole nitrogens is 1. The van der Waals surface area contributed by atoms with Gasteiger partial charge in [-0.25, -0.2) is 0 Å². The summed E-state index contributed by atoms with van der Waals surface area (Å²) in [4.78, 5) is 27.1. The Bertz CT molecular complexity index is 1030. The summed E-state index contributed by atoms with van der Waals surface area (Å²) in [6.07, 6.45) is 0. The molecule has 0 spiro atoms.